The van der Waals surface area contributed by atoms with Crippen LogP contribution in [0, 0.1) is 0 Å². The van der Waals surface area contributed by atoms with Crippen molar-refractivity contribution in [2.45, 2.75) is 38.8 Å². The van der Waals surface area contributed by atoms with Crippen molar-refractivity contribution in [2.75, 3.05) is 0 Å². The third-order valence-corrected chi connectivity index (χ3v) is 4.53. The molecule has 0 spiro atoms. The monoisotopic (exact) mass is 338 g/mol. The molecule has 1 N–H and O–H groups in total. The smallest absolute Gasteiger partial charge is 0.270 e. The number of nitrogens with zero attached hydrogens (tertiary/aromatic N) is 5. The lowest BCUT2D eigenvalue weighted by atomic mass is 10.1. The van der Waals surface area contributed by atoms with E-state index in [1.165, 1.54) is 10.6 Å². The number of carbonyl (C=O) groups excluding carboxylic acids is 1. The van der Waals surface area contributed by atoms with E-state index in [4.69, 9.17) is 0 Å². The lowest BCUT2D eigenvalue weighted by molar-refractivity contribution is 0.0925. The van der Waals surface area contributed by atoms with Crippen LogP contribution in [0.15, 0.2) is 35.4 Å². The molecule has 3 aromatic heterocycles. The minimum absolute atomic E-state index is 0.0500. The van der Waals surface area contributed by atoms with Crippen molar-refractivity contribution in [1.29, 1.82) is 0 Å². The second-order valence-corrected chi connectivity index (χ2v) is 6.11. The Balaban J connectivity index is 1.57. The normalized spacial score (nSPS) is 16.6. The molecule has 3 aromatic rings. The fraction of sp³-hybridized carbons (Fsp3) is 0.353. The molecule has 1 amide bonds. The second-order valence-electron chi connectivity index (χ2n) is 6.11. The first kappa shape index (κ1) is 15.5. The molecule has 0 saturated carbocycles. The van der Waals surface area contributed by atoms with Gasteiger partial charge < -0.3 is 9.88 Å². The summed E-state index contributed by atoms with van der Waals surface area (Å²) in [6.45, 7) is 2.65. The maximum atomic E-state index is 12.6. The number of carbonyl (C=O) groups is 1. The number of amides is 1. The number of aromatic nitrogens is 5. The number of hydrogen-bond donors (Lipinski definition) is 1. The van der Waals surface area contributed by atoms with Crippen molar-refractivity contribution < 1.29 is 4.79 Å². The van der Waals surface area contributed by atoms with Crippen LogP contribution in [0.4, 0.5) is 0 Å². The molecule has 0 aliphatic carbocycles. The predicted molar refractivity (Wildman–Crippen MR) is 90.4 cm³/mol. The number of hydrogen-bond acceptors (Lipinski definition) is 5. The lowest BCUT2D eigenvalue weighted by Gasteiger charge is -2.25. The van der Waals surface area contributed by atoms with Gasteiger partial charge in [0.05, 0.1) is 0 Å². The van der Waals surface area contributed by atoms with Crippen LogP contribution in [0.3, 0.4) is 0 Å². The van der Waals surface area contributed by atoms with Crippen LogP contribution in [-0.2, 0) is 19.4 Å². The predicted octanol–water partition coefficient (Wildman–Crippen LogP) is 0.593. The molecule has 8 heteroatoms. The van der Waals surface area contributed by atoms with Crippen LogP contribution >= 0.6 is 0 Å². The molecule has 0 aromatic carbocycles. The van der Waals surface area contributed by atoms with Crippen molar-refractivity contribution in [1.82, 2.24) is 29.5 Å². The Morgan fingerprint density at radius 3 is 3.08 bits per heavy atom. The topological polar surface area (TPSA) is 94.2 Å². The van der Waals surface area contributed by atoms with E-state index in [0.29, 0.717) is 12.2 Å². The van der Waals surface area contributed by atoms with E-state index in [1.54, 1.807) is 24.4 Å². The van der Waals surface area contributed by atoms with Crippen LogP contribution < -0.4 is 10.9 Å². The Hall–Kier alpha value is -3.03. The molecule has 0 saturated heterocycles. The van der Waals surface area contributed by atoms with Gasteiger partial charge in [0.25, 0.3) is 11.5 Å². The average Bonchev–Trinajstić information content (AvgIpc) is 3.04. The van der Waals surface area contributed by atoms with Crippen molar-refractivity contribution in [2.24, 2.45) is 0 Å². The van der Waals surface area contributed by atoms with Crippen LogP contribution in [0.5, 0.6) is 0 Å². The molecule has 128 valence electrons. The summed E-state index contributed by atoms with van der Waals surface area (Å²) in [5.41, 5.74) is 0.204. The Morgan fingerprint density at radius 1 is 1.36 bits per heavy atom. The molecule has 1 atom stereocenters. The Labute approximate surface area is 143 Å². The third kappa shape index (κ3) is 2.69. The fourth-order valence-electron chi connectivity index (χ4n) is 3.21. The zero-order valence-corrected chi connectivity index (χ0v) is 13.8. The van der Waals surface area contributed by atoms with Gasteiger partial charge in [-0.05, 0) is 18.6 Å². The first-order valence-corrected chi connectivity index (χ1v) is 8.35. The van der Waals surface area contributed by atoms with E-state index >= 15 is 0 Å². The molecular formula is C17H18N6O2. The number of rotatable bonds is 3. The summed E-state index contributed by atoms with van der Waals surface area (Å²) in [5, 5.41) is 11.3. The van der Waals surface area contributed by atoms with Crippen LogP contribution in [-0.4, -0.2) is 36.1 Å². The molecule has 8 nitrogen and oxygen atoms in total. The van der Waals surface area contributed by atoms with Crippen molar-refractivity contribution in [3.63, 3.8) is 0 Å². The second kappa shape index (κ2) is 6.12. The van der Waals surface area contributed by atoms with E-state index < -0.39 is 5.91 Å². The molecule has 0 fully saturated rings. The van der Waals surface area contributed by atoms with Gasteiger partial charge in [0.1, 0.15) is 22.9 Å². The fourth-order valence-corrected chi connectivity index (χ4v) is 3.21. The average molecular weight is 338 g/mol. The highest BCUT2D eigenvalue weighted by Gasteiger charge is 2.24. The standard InChI is InChI=1S/C17H18N6O2/c1-2-13-20-21-15-7-6-11(10-23(13)15)19-16(24)12-9-18-14-5-3-4-8-22(14)17(12)25/h3-5,8-9,11H,2,6-7,10H2,1H3,(H,19,24)/t11-/m0/s1. The Bertz CT molecular complexity index is 992. The van der Waals surface area contributed by atoms with E-state index in [0.717, 1.165) is 30.9 Å². The summed E-state index contributed by atoms with van der Waals surface area (Å²) in [6.07, 6.45) is 5.28. The lowest BCUT2D eigenvalue weighted by Crippen LogP contribution is -2.43. The van der Waals surface area contributed by atoms with Crippen LogP contribution in [0.1, 0.15) is 35.4 Å². The highest BCUT2D eigenvalue weighted by atomic mass is 16.2. The summed E-state index contributed by atoms with van der Waals surface area (Å²) < 4.78 is 3.43. The summed E-state index contributed by atoms with van der Waals surface area (Å²) >= 11 is 0. The summed E-state index contributed by atoms with van der Waals surface area (Å²) in [5.74, 6) is 1.48. The highest BCUT2D eigenvalue weighted by Crippen LogP contribution is 2.15. The van der Waals surface area contributed by atoms with Crippen LogP contribution in [0.25, 0.3) is 5.65 Å². The maximum absolute atomic E-state index is 12.6. The van der Waals surface area contributed by atoms with Crippen molar-refractivity contribution in [3.8, 4) is 0 Å². The van der Waals surface area contributed by atoms with Gasteiger partial charge in [0.15, 0.2) is 0 Å². The number of pyridine rings is 1. The first-order valence-electron chi connectivity index (χ1n) is 8.35. The quantitative estimate of drug-likeness (QED) is 0.754. The van der Waals surface area contributed by atoms with Gasteiger partial charge in [0.2, 0.25) is 0 Å². The Morgan fingerprint density at radius 2 is 2.24 bits per heavy atom. The van der Waals surface area contributed by atoms with Gasteiger partial charge in [-0.1, -0.05) is 13.0 Å². The molecule has 0 radical (unpaired) electrons. The molecular weight excluding hydrogens is 320 g/mol. The van der Waals surface area contributed by atoms with Gasteiger partial charge in [-0.3, -0.25) is 14.0 Å². The summed E-state index contributed by atoms with van der Waals surface area (Å²) in [4.78, 5) is 29.3. The number of nitrogens with one attached hydrogen (secondary N) is 1. The maximum Gasteiger partial charge on any atom is 0.270 e. The minimum Gasteiger partial charge on any atom is -0.347 e. The molecule has 1 aliphatic rings. The highest BCUT2D eigenvalue weighted by molar-refractivity contribution is 5.93. The zero-order chi connectivity index (χ0) is 17.4. The van der Waals surface area contributed by atoms with Crippen molar-refractivity contribution in [3.05, 3.63) is 58.2 Å². The first-order chi connectivity index (χ1) is 12.2. The number of aryl methyl sites for hydroxylation is 2. The van der Waals surface area contributed by atoms with Gasteiger partial charge in [-0.2, -0.15) is 0 Å². The zero-order valence-electron chi connectivity index (χ0n) is 13.8. The molecule has 4 rings (SSSR count). The van der Waals surface area contributed by atoms with E-state index in [-0.39, 0.29) is 17.2 Å². The minimum atomic E-state index is -0.393. The van der Waals surface area contributed by atoms with E-state index in [2.05, 4.69) is 25.1 Å². The largest absolute Gasteiger partial charge is 0.347 e. The molecule has 0 unspecified atom stereocenters. The van der Waals surface area contributed by atoms with E-state index in [9.17, 15) is 9.59 Å². The Kier molecular flexibility index (Phi) is 3.79. The molecule has 25 heavy (non-hydrogen) atoms. The number of fused-ring (bicyclic) bond motifs is 2. The summed E-state index contributed by atoms with van der Waals surface area (Å²) in [7, 11) is 0. The molecule has 4 heterocycles. The molecule has 0 bridgehead atoms. The summed E-state index contributed by atoms with van der Waals surface area (Å²) in [6, 6.07) is 5.20. The third-order valence-electron chi connectivity index (χ3n) is 4.53. The van der Waals surface area contributed by atoms with E-state index in [1.807, 2.05) is 6.92 Å². The van der Waals surface area contributed by atoms with Gasteiger partial charge >= 0.3 is 0 Å². The van der Waals surface area contributed by atoms with Gasteiger partial charge in [0, 0.05) is 37.8 Å². The molecule has 1 aliphatic heterocycles. The van der Waals surface area contributed by atoms with Gasteiger partial charge in [-0.15, -0.1) is 10.2 Å². The van der Waals surface area contributed by atoms with Gasteiger partial charge in [-0.25, -0.2) is 4.98 Å². The van der Waals surface area contributed by atoms with Crippen LogP contribution in [0.2, 0.25) is 0 Å². The SMILES string of the molecule is CCc1nnc2n1C[C@@H](NC(=O)c1cnc3ccccn3c1=O)CC2. The van der Waals surface area contributed by atoms with Crippen molar-refractivity contribution >= 4 is 11.6 Å².